The summed E-state index contributed by atoms with van der Waals surface area (Å²) < 4.78 is 32.4. The fourth-order valence-electron chi connectivity index (χ4n) is 3.14. The number of hydrogen-bond donors (Lipinski definition) is 2. The molecule has 2 unspecified atom stereocenters. The second-order valence-electron chi connectivity index (χ2n) is 6.73. The second-order valence-corrected chi connectivity index (χ2v) is 8.32. The van der Waals surface area contributed by atoms with Crippen LogP contribution in [-0.2, 0) is 14.8 Å². The Hall–Kier alpha value is -2.12. The molecule has 1 saturated carbocycles. The van der Waals surface area contributed by atoms with Crippen LogP contribution in [0.3, 0.4) is 0 Å². The topological polar surface area (TPSA) is 92.7 Å². The SMILES string of the molecule is COc1cccc(C=CS(=O)(=O)NC2CCC(C=CCCCC(=O)O)C2)c1. The number of allylic oxidation sites excluding steroid dienone is 2. The highest BCUT2D eigenvalue weighted by atomic mass is 32.2. The lowest BCUT2D eigenvalue weighted by atomic mass is 10.1. The van der Waals surface area contributed by atoms with Gasteiger partial charge < -0.3 is 9.84 Å². The van der Waals surface area contributed by atoms with Crippen molar-refractivity contribution in [3.63, 3.8) is 0 Å². The molecule has 1 aromatic carbocycles. The first-order valence-corrected chi connectivity index (χ1v) is 10.7. The average Bonchev–Trinajstić information content (AvgIpc) is 3.06. The van der Waals surface area contributed by atoms with Crippen LogP contribution in [0.15, 0.2) is 41.8 Å². The van der Waals surface area contributed by atoms with Crippen molar-refractivity contribution in [1.29, 1.82) is 0 Å². The highest BCUT2D eigenvalue weighted by Crippen LogP contribution is 2.27. The summed E-state index contributed by atoms with van der Waals surface area (Å²) in [7, 11) is -1.94. The van der Waals surface area contributed by atoms with Crippen LogP contribution in [0.5, 0.6) is 5.75 Å². The number of aliphatic carboxylic acids is 1. The van der Waals surface area contributed by atoms with E-state index in [1.807, 2.05) is 18.2 Å². The van der Waals surface area contributed by atoms with Crippen molar-refractivity contribution in [2.75, 3.05) is 7.11 Å². The lowest BCUT2D eigenvalue weighted by Crippen LogP contribution is -2.31. The molecule has 7 heteroatoms. The van der Waals surface area contributed by atoms with E-state index < -0.39 is 16.0 Å². The smallest absolute Gasteiger partial charge is 0.303 e. The van der Waals surface area contributed by atoms with Crippen molar-refractivity contribution >= 4 is 22.1 Å². The average molecular weight is 394 g/mol. The Kier molecular flexibility index (Phi) is 8.06. The van der Waals surface area contributed by atoms with Crippen molar-refractivity contribution in [2.45, 2.75) is 44.6 Å². The first-order chi connectivity index (χ1) is 12.9. The van der Waals surface area contributed by atoms with E-state index in [0.717, 1.165) is 31.2 Å². The number of methoxy groups -OCH3 is 1. The van der Waals surface area contributed by atoms with E-state index in [4.69, 9.17) is 9.84 Å². The number of carboxylic acids is 1. The quantitative estimate of drug-likeness (QED) is 0.468. The molecule has 0 aromatic heterocycles. The summed E-state index contributed by atoms with van der Waals surface area (Å²) in [4.78, 5) is 10.5. The van der Waals surface area contributed by atoms with Gasteiger partial charge in [0.15, 0.2) is 0 Å². The monoisotopic (exact) mass is 393 g/mol. The summed E-state index contributed by atoms with van der Waals surface area (Å²) in [6.07, 6.45) is 9.69. The maximum absolute atomic E-state index is 12.3. The van der Waals surface area contributed by atoms with E-state index in [1.54, 1.807) is 25.3 Å². The highest BCUT2D eigenvalue weighted by molar-refractivity contribution is 7.92. The van der Waals surface area contributed by atoms with E-state index in [1.165, 1.54) is 5.41 Å². The van der Waals surface area contributed by atoms with Crippen LogP contribution in [0.25, 0.3) is 6.08 Å². The third kappa shape index (κ3) is 7.97. The molecule has 27 heavy (non-hydrogen) atoms. The number of ether oxygens (including phenoxy) is 1. The summed E-state index contributed by atoms with van der Waals surface area (Å²) in [6.45, 7) is 0. The molecule has 0 aliphatic heterocycles. The molecule has 0 amide bonds. The fourth-order valence-corrected chi connectivity index (χ4v) is 4.24. The van der Waals surface area contributed by atoms with Crippen molar-refractivity contribution < 1.29 is 23.1 Å². The lowest BCUT2D eigenvalue weighted by molar-refractivity contribution is -0.137. The van der Waals surface area contributed by atoms with Gasteiger partial charge in [0.1, 0.15) is 5.75 Å². The Morgan fingerprint density at radius 3 is 2.93 bits per heavy atom. The highest BCUT2D eigenvalue weighted by Gasteiger charge is 2.25. The summed E-state index contributed by atoms with van der Waals surface area (Å²) in [6, 6.07) is 7.13. The summed E-state index contributed by atoms with van der Waals surface area (Å²) in [5, 5.41) is 9.80. The Bertz CT molecular complexity index is 785. The third-order valence-electron chi connectivity index (χ3n) is 4.51. The predicted molar refractivity (Wildman–Crippen MR) is 106 cm³/mol. The zero-order valence-electron chi connectivity index (χ0n) is 15.5. The van der Waals surface area contributed by atoms with Gasteiger partial charge in [0.05, 0.1) is 7.11 Å². The van der Waals surface area contributed by atoms with Gasteiger partial charge in [-0.2, -0.15) is 0 Å². The number of sulfonamides is 1. The van der Waals surface area contributed by atoms with Gasteiger partial charge in [-0.25, -0.2) is 13.1 Å². The second kappa shape index (κ2) is 10.3. The van der Waals surface area contributed by atoms with Gasteiger partial charge in [-0.3, -0.25) is 4.79 Å². The number of benzene rings is 1. The first kappa shape index (κ1) is 21.2. The largest absolute Gasteiger partial charge is 0.497 e. The maximum atomic E-state index is 12.3. The van der Waals surface area contributed by atoms with Gasteiger partial charge in [0.25, 0.3) is 0 Å². The van der Waals surface area contributed by atoms with Crippen LogP contribution < -0.4 is 9.46 Å². The minimum absolute atomic E-state index is 0.0707. The molecule has 2 rings (SSSR count). The van der Waals surface area contributed by atoms with Gasteiger partial charge in [-0.15, -0.1) is 0 Å². The zero-order valence-corrected chi connectivity index (χ0v) is 16.3. The number of carbonyl (C=O) groups is 1. The molecule has 2 atom stereocenters. The van der Waals surface area contributed by atoms with E-state index >= 15 is 0 Å². The standard InChI is InChI=1S/C20H27NO5S/c1-26-19-8-5-7-17(15-19)12-13-27(24,25)21-18-11-10-16(14-18)6-3-2-4-9-20(22)23/h3,5-8,12-13,15-16,18,21H,2,4,9-11,14H2,1H3,(H,22,23). The molecule has 148 valence electrons. The predicted octanol–water partition coefficient (Wildman–Crippen LogP) is 3.57. The van der Waals surface area contributed by atoms with Crippen LogP contribution in [0, 0.1) is 5.92 Å². The van der Waals surface area contributed by atoms with Crippen LogP contribution in [0.4, 0.5) is 0 Å². The molecule has 0 saturated heterocycles. The minimum Gasteiger partial charge on any atom is -0.497 e. The lowest BCUT2D eigenvalue weighted by Gasteiger charge is -2.10. The van der Waals surface area contributed by atoms with Crippen LogP contribution in [0.1, 0.15) is 44.1 Å². The fraction of sp³-hybridized carbons (Fsp3) is 0.450. The van der Waals surface area contributed by atoms with Crippen molar-refractivity contribution in [1.82, 2.24) is 4.72 Å². The number of carboxylic acid groups (broad SMARTS) is 1. The molecule has 0 heterocycles. The molecule has 2 N–H and O–H groups in total. The number of hydrogen-bond acceptors (Lipinski definition) is 4. The third-order valence-corrected chi connectivity index (χ3v) is 5.66. The molecule has 6 nitrogen and oxygen atoms in total. The first-order valence-electron chi connectivity index (χ1n) is 9.11. The minimum atomic E-state index is -3.51. The molecule has 1 aliphatic rings. The Labute approximate surface area is 161 Å². The van der Waals surface area contributed by atoms with Crippen molar-refractivity contribution in [3.05, 3.63) is 47.4 Å². The normalized spacial score (nSPS) is 20.5. The summed E-state index contributed by atoms with van der Waals surface area (Å²) in [5.74, 6) is 0.238. The van der Waals surface area contributed by atoms with E-state index in [-0.39, 0.29) is 12.5 Å². The van der Waals surface area contributed by atoms with Gasteiger partial charge in [0, 0.05) is 17.9 Å². The van der Waals surface area contributed by atoms with Crippen molar-refractivity contribution in [2.24, 2.45) is 5.92 Å². The summed E-state index contributed by atoms with van der Waals surface area (Å²) >= 11 is 0. The van der Waals surface area contributed by atoms with Gasteiger partial charge >= 0.3 is 5.97 Å². The molecular weight excluding hydrogens is 366 g/mol. The van der Waals surface area contributed by atoms with Gasteiger partial charge in [-0.05, 0) is 61.8 Å². The number of nitrogens with one attached hydrogen (secondary N) is 1. The summed E-state index contributed by atoms with van der Waals surface area (Å²) in [5.41, 5.74) is 0.758. The molecule has 0 radical (unpaired) electrons. The number of rotatable bonds is 10. The molecule has 0 bridgehead atoms. The van der Waals surface area contributed by atoms with E-state index in [0.29, 0.717) is 18.1 Å². The Morgan fingerprint density at radius 2 is 2.19 bits per heavy atom. The molecule has 0 spiro atoms. The van der Waals surface area contributed by atoms with E-state index in [9.17, 15) is 13.2 Å². The van der Waals surface area contributed by atoms with Gasteiger partial charge in [0.2, 0.25) is 10.0 Å². The molecule has 1 aliphatic carbocycles. The van der Waals surface area contributed by atoms with Crippen LogP contribution in [0.2, 0.25) is 0 Å². The molecule has 1 fully saturated rings. The van der Waals surface area contributed by atoms with E-state index in [2.05, 4.69) is 10.8 Å². The Morgan fingerprint density at radius 1 is 1.37 bits per heavy atom. The molecule has 1 aromatic rings. The maximum Gasteiger partial charge on any atom is 0.303 e. The molecular formula is C20H27NO5S. The van der Waals surface area contributed by atoms with Crippen LogP contribution in [-0.4, -0.2) is 32.6 Å². The zero-order chi connectivity index (χ0) is 19.7. The van der Waals surface area contributed by atoms with Gasteiger partial charge in [-0.1, -0.05) is 24.3 Å². The van der Waals surface area contributed by atoms with Crippen LogP contribution >= 0.6 is 0 Å². The van der Waals surface area contributed by atoms with Crippen molar-refractivity contribution in [3.8, 4) is 5.75 Å². The Balaban J connectivity index is 1.81. The number of unbranched alkanes of at least 4 members (excludes halogenated alkanes) is 1.